The first kappa shape index (κ1) is 20.8. The van der Waals surface area contributed by atoms with Crippen molar-refractivity contribution in [3.63, 3.8) is 0 Å². The molecule has 0 saturated heterocycles. The highest BCUT2D eigenvalue weighted by Crippen LogP contribution is 2.24. The van der Waals surface area contributed by atoms with Gasteiger partial charge in [0, 0.05) is 12.1 Å². The first-order chi connectivity index (χ1) is 11.8. The minimum atomic E-state index is -4.16. The summed E-state index contributed by atoms with van der Waals surface area (Å²) in [4.78, 5) is 33.8. The van der Waals surface area contributed by atoms with E-state index in [1.54, 1.807) is 0 Å². The molecular formula is C16H21NO7S. The number of unbranched alkanes of at least 4 members (excludes halogenated alkanes) is 2. The van der Waals surface area contributed by atoms with Crippen LogP contribution in [0, 0.1) is 10.1 Å². The third-order valence-corrected chi connectivity index (χ3v) is 5.72. The Hall–Kier alpha value is -2.29. The molecule has 9 heteroatoms. The average molecular weight is 371 g/mol. The van der Waals surface area contributed by atoms with Gasteiger partial charge in [0.15, 0.2) is 9.84 Å². The second-order valence-electron chi connectivity index (χ2n) is 5.37. The molecule has 1 aromatic rings. The van der Waals surface area contributed by atoms with Gasteiger partial charge in [0.2, 0.25) is 0 Å². The summed E-state index contributed by atoms with van der Waals surface area (Å²) in [5, 5.41) is 9.12. The van der Waals surface area contributed by atoms with Gasteiger partial charge in [-0.3, -0.25) is 14.9 Å². The lowest BCUT2D eigenvalue weighted by Crippen LogP contribution is -2.36. The molecule has 0 aliphatic rings. The van der Waals surface area contributed by atoms with Crippen molar-refractivity contribution in [3.8, 4) is 0 Å². The minimum absolute atomic E-state index is 0.00912. The maximum Gasteiger partial charge on any atom is 0.376 e. The van der Waals surface area contributed by atoms with E-state index >= 15 is 0 Å². The van der Waals surface area contributed by atoms with E-state index in [1.807, 2.05) is 6.92 Å². The molecular weight excluding hydrogens is 350 g/mol. The van der Waals surface area contributed by atoms with Gasteiger partial charge in [-0.1, -0.05) is 26.2 Å². The molecule has 8 nitrogen and oxygen atoms in total. The number of nitrogens with zero attached hydrogens (tertiary/aromatic N) is 1. The van der Waals surface area contributed by atoms with Crippen LogP contribution >= 0.6 is 0 Å². The van der Waals surface area contributed by atoms with E-state index in [4.69, 9.17) is 0 Å². The van der Waals surface area contributed by atoms with E-state index < -0.39 is 31.8 Å². The van der Waals surface area contributed by atoms with Crippen LogP contribution in [0.25, 0.3) is 0 Å². The van der Waals surface area contributed by atoms with Crippen molar-refractivity contribution in [2.75, 3.05) is 6.61 Å². The Kier molecular flexibility index (Phi) is 7.69. The number of rotatable bonds is 10. The quantitative estimate of drug-likeness (QED) is 0.204. The molecule has 0 aliphatic carbocycles. The summed E-state index contributed by atoms with van der Waals surface area (Å²) >= 11 is 0. The number of non-ortho nitro benzene ring substituents is 1. The van der Waals surface area contributed by atoms with E-state index in [-0.39, 0.29) is 23.6 Å². The highest BCUT2D eigenvalue weighted by atomic mass is 32.2. The number of hydrogen-bond donors (Lipinski definition) is 0. The van der Waals surface area contributed by atoms with Crippen LogP contribution in [0.5, 0.6) is 0 Å². The molecule has 1 aromatic carbocycles. The predicted molar refractivity (Wildman–Crippen MR) is 89.9 cm³/mol. The van der Waals surface area contributed by atoms with Gasteiger partial charge in [0.25, 0.3) is 11.5 Å². The first-order valence-corrected chi connectivity index (χ1v) is 9.49. The number of benzene rings is 1. The normalized spacial score (nSPS) is 12.4. The highest BCUT2D eigenvalue weighted by Gasteiger charge is 2.38. The van der Waals surface area contributed by atoms with E-state index in [1.165, 1.54) is 6.92 Å². The number of nitro groups is 1. The number of hydrogen-bond acceptors (Lipinski definition) is 7. The second kappa shape index (κ2) is 9.26. The molecule has 25 heavy (non-hydrogen) atoms. The number of carbonyl (C=O) groups is 2. The van der Waals surface area contributed by atoms with Gasteiger partial charge in [-0.05, 0) is 25.5 Å². The Morgan fingerprint density at radius 3 is 2.24 bits per heavy atom. The largest absolute Gasteiger partial charge is 0.460 e. The fraction of sp³-hybridized carbons (Fsp3) is 0.500. The molecule has 1 rings (SSSR count). The van der Waals surface area contributed by atoms with E-state index in [9.17, 15) is 28.1 Å². The number of esters is 1. The lowest BCUT2D eigenvalue weighted by Gasteiger charge is -2.16. The van der Waals surface area contributed by atoms with Gasteiger partial charge in [0.1, 0.15) is 5.25 Å². The summed E-state index contributed by atoms with van der Waals surface area (Å²) in [6.07, 6.45) is 1.98. The fourth-order valence-electron chi connectivity index (χ4n) is 2.26. The standard InChI is InChI=1S/C16H21NO7S/c1-3-5-6-7-14(15(18)16(19)24-4-2)25(22,23)13-10-8-12(9-11-13)17(20)21/h8-11,14H,3-7H2,1-2H3. The van der Waals surface area contributed by atoms with Crippen molar-refractivity contribution in [2.45, 2.75) is 49.7 Å². The first-order valence-electron chi connectivity index (χ1n) is 7.95. The van der Waals surface area contributed by atoms with Gasteiger partial charge in [-0.25, -0.2) is 13.2 Å². The van der Waals surface area contributed by atoms with E-state index in [0.29, 0.717) is 12.8 Å². The van der Waals surface area contributed by atoms with Gasteiger partial charge in [-0.15, -0.1) is 0 Å². The van der Waals surface area contributed by atoms with Crippen molar-refractivity contribution < 1.29 is 27.7 Å². The third-order valence-electron chi connectivity index (χ3n) is 3.59. The number of carbonyl (C=O) groups excluding carboxylic acids is 2. The van der Waals surface area contributed by atoms with Crippen LogP contribution in [0.15, 0.2) is 29.2 Å². The molecule has 0 aliphatic heterocycles. The molecule has 138 valence electrons. The molecule has 0 saturated carbocycles. The minimum Gasteiger partial charge on any atom is -0.460 e. The zero-order chi connectivity index (χ0) is 19.0. The average Bonchev–Trinajstić information content (AvgIpc) is 2.58. The maximum absolute atomic E-state index is 12.8. The zero-order valence-corrected chi connectivity index (χ0v) is 15.0. The Balaban J connectivity index is 3.18. The second-order valence-corrected chi connectivity index (χ2v) is 7.50. The molecule has 0 fully saturated rings. The summed E-state index contributed by atoms with van der Waals surface area (Å²) in [5.74, 6) is -2.30. The van der Waals surface area contributed by atoms with E-state index in [2.05, 4.69) is 4.74 Å². The summed E-state index contributed by atoms with van der Waals surface area (Å²) in [5.41, 5.74) is -0.266. The van der Waals surface area contributed by atoms with Crippen LogP contribution in [0.2, 0.25) is 0 Å². The van der Waals surface area contributed by atoms with Crippen molar-refractivity contribution in [2.24, 2.45) is 0 Å². The molecule has 1 atom stereocenters. The van der Waals surface area contributed by atoms with Gasteiger partial charge >= 0.3 is 5.97 Å². The summed E-state index contributed by atoms with van der Waals surface area (Å²) in [6, 6.07) is 4.23. The molecule has 0 N–H and O–H groups in total. The molecule has 0 bridgehead atoms. The molecule has 0 spiro atoms. The summed E-state index contributed by atoms with van der Waals surface area (Å²) < 4.78 is 30.1. The zero-order valence-electron chi connectivity index (χ0n) is 14.1. The molecule has 1 unspecified atom stereocenters. The molecule has 0 heterocycles. The molecule has 0 radical (unpaired) electrons. The van der Waals surface area contributed by atoms with Crippen molar-refractivity contribution in [1.29, 1.82) is 0 Å². The van der Waals surface area contributed by atoms with Crippen LogP contribution in [-0.2, 0) is 24.2 Å². The smallest absolute Gasteiger partial charge is 0.376 e. The third kappa shape index (κ3) is 5.35. The number of ether oxygens (including phenoxy) is 1. The van der Waals surface area contributed by atoms with Crippen molar-refractivity contribution in [1.82, 2.24) is 0 Å². The Bertz CT molecular complexity index is 725. The Labute approximate surface area is 146 Å². The summed E-state index contributed by atoms with van der Waals surface area (Å²) in [6.45, 7) is 3.40. The van der Waals surface area contributed by atoms with Crippen LogP contribution in [0.1, 0.15) is 39.5 Å². The number of Topliss-reactive ketones (excluding diaryl/α,β-unsaturated/α-hetero) is 1. The highest BCUT2D eigenvalue weighted by molar-refractivity contribution is 7.93. The van der Waals surface area contributed by atoms with Crippen LogP contribution in [0.4, 0.5) is 5.69 Å². The lowest BCUT2D eigenvalue weighted by atomic mass is 10.1. The monoisotopic (exact) mass is 371 g/mol. The number of sulfone groups is 1. The molecule has 0 aromatic heterocycles. The van der Waals surface area contributed by atoms with Crippen LogP contribution in [0.3, 0.4) is 0 Å². The van der Waals surface area contributed by atoms with Gasteiger partial charge in [-0.2, -0.15) is 0 Å². The molecule has 0 amide bonds. The predicted octanol–water partition coefficient (Wildman–Crippen LogP) is 2.45. The maximum atomic E-state index is 12.8. The SMILES string of the molecule is CCCCCC(C(=O)C(=O)OCC)S(=O)(=O)c1ccc([N+](=O)[O-])cc1. The Morgan fingerprint density at radius 2 is 1.76 bits per heavy atom. The topological polar surface area (TPSA) is 121 Å². The van der Waals surface area contributed by atoms with E-state index in [0.717, 1.165) is 30.7 Å². The van der Waals surface area contributed by atoms with Crippen LogP contribution in [-0.4, -0.2) is 37.0 Å². The lowest BCUT2D eigenvalue weighted by molar-refractivity contribution is -0.384. The van der Waals surface area contributed by atoms with Gasteiger partial charge in [0.05, 0.1) is 16.4 Å². The summed E-state index contributed by atoms with van der Waals surface area (Å²) in [7, 11) is -4.16. The number of nitro benzene ring substituents is 1. The Morgan fingerprint density at radius 1 is 1.16 bits per heavy atom. The van der Waals surface area contributed by atoms with Gasteiger partial charge < -0.3 is 4.74 Å². The van der Waals surface area contributed by atoms with Crippen molar-refractivity contribution >= 4 is 27.3 Å². The van der Waals surface area contributed by atoms with Crippen LogP contribution < -0.4 is 0 Å². The fourth-order valence-corrected chi connectivity index (χ4v) is 3.96. The number of ketones is 1. The van der Waals surface area contributed by atoms with Crippen molar-refractivity contribution in [3.05, 3.63) is 34.4 Å².